The van der Waals surface area contributed by atoms with Crippen LogP contribution in [0.2, 0.25) is 0 Å². The topological polar surface area (TPSA) is 109 Å². The molecule has 1 aromatic carbocycles. The van der Waals surface area contributed by atoms with E-state index in [0.29, 0.717) is 36.1 Å². The van der Waals surface area contributed by atoms with Crippen molar-refractivity contribution in [1.82, 2.24) is 19.7 Å². The number of likely N-dealkylation sites (N-methyl/N-ethyl adjacent to an activating group) is 1. The number of anilines is 1. The molecule has 0 bridgehead atoms. The predicted octanol–water partition coefficient (Wildman–Crippen LogP) is 1.42. The number of hydrogen-bond donors (Lipinski definition) is 3. The number of nitrogens with one attached hydrogen (secondary N) is 2. The average molecular weight is 370 g/mol. The van der Waals surface area contributed by atoms with Crippen molar-refractivity contribution in [3.05, 3.63) is 34.2 Å². The Morgan fingerprint density at radius 1 is 1.41 bits per heavy atom. The molecular weight excluding hydrogens is 344 g/mol. The van der Waals surface area contributed by atoms with Gasteiger partial charge >= 0.3 is 0 Å². The molecule has 0 aliphatic rings. The van der Waals surface area contributed by atoms with Gasteiger partial charge in [0.05, 0.1) is 16.9 Å². The summed E-state index contributed by atoms with van der Waals surface area (Å²) < 4.78 is 1.74. The second-order valence-electron chi connectivity index (χ2n) is 7.03. The van der Waals surface area contributed by atoms with Crippen molar-refractivity contribution in [2.75, 3.05) is 26.0 Å². The Morgan fingerprint density at radius 2 is 2.15 bits per heavy atom. The van der Waals surface area contributed by atoms with E-state index in [1.165, 1.54) is 0 Å². The maximum Gasteiger partial charge on any atom is 0.262 e. The molecule has 4 N–H and O–H groups in total. The lowest BCUT2D eigenvalue weighted by atomic mass is 10.1. The van der Waals surface area contributed by atoms with Crippen LogP contribution in [-0.2, 0) is 11.3 Å². The SMILES string of the molecule is Cc1[nH]nc2c1c(=O)n(CCCN)c1ccc(NC(=O)C(C)N(C)C)cc21. The Bertz CT molecular complexity index is 1050. The number of hydrogen-bond acceptors (Lipinski definition) is 5. The zero-order valence-corrected chi connectivity index (χ0v) is 16.2. The molecule has 2 heterocycles. The van der Waals surface area contributed by atoms with E-state index >= 15 is 0 Å². The summed E-state index contributed by atoms with van der Waals surface area (Å²) in [6, 6.07) is 5.28. The summed E-state index contributed by atoms with van der Waals surface area (Å²) in [5.41, 5.74) is 8.37. The summed E-state index contributed by atoms with van der Waals surface area (Å²) >= 11 is 0. The van der Waals surface area contributed by atoms with E-state index in [-0.39, 0.29) is 17.5 Å². The van der Waals surface area contributed by atoms with Crippen molar-refractivity contribution in [3.63, 3.8) is 0 Å². The van der Waals surface area contributed by atoms with Crippen LogP contribution >= 0.6 is 0 Å². The van der Waals surface area contributed by atoms with Crippen LogP contribution in [0.1, 0.15) is 19.0 Å². The van der Waals surface area contributed by atoms with Crippen molar-refractivity contribution in [1.29, 1.82) is 0 Å². The lowest BCUT2D eigenvalue weighted by Crippen LogP contribution is -2.37. The van der Waals surface area contributed by atoms with Gasteiger partial charge in [-0.1, -0.05) is 0 Å². The second-order valence-corrected chi connectivity index (χ2v) is 7.03. The largest absolute Gasteiger partial charge is 0.330 e. The third-order valence-electron chi connectivity index (χ3n) is 4.96. The van der Waals surface area contributed by atoms with Crippen molar-refractivity contribution in [2.45, 2.75) is 32.9 Å². The van der Waals surface area contributed by atoms with Gasteiger partial charge in [0.2, 0.25) is 5.91 Å². The first kappa shape index (κ1) is 19.1. The quantitative estimate of drug-likeness (QED) is 0.608. The number of rotatable bonds is 6. The molecule has 0 aliphatic heterocycles. The number of nitrogens with two attached hydrogens (primary N) is 1. The van der Waals surface area contributed by atoms with E-state index in [1.807, 2.05) is 51.0 Å². The summed E-state index contributed by atoms with van der Waals surface area (Å²) in [4.78, 5) is 27.2. The Labute approximate surface area is 157 Å². The Balaban J connectivity index is 2.15. The smallest absolute Gasteiger partial charge is 0.262 e. The molecule has 27 heavy (non-hydrogen) atoms. The number of carbonyl (C=O) groups is 1. The normalized spacial score (nSPS) is 12.8. The molecular formula is C19H26N6O2. The van der Waals surface area contributed by atoms with E-state index in [1.54, 1.807) is 4.57 Å². The number of benzene rings is 1. The van der Waals surface area contributed by atoms with Crippen LogP contribution in [0.4, 0.5) is 5.69 Å². The summed E-state index contributed by atoms with van der Waals surface area (Å²) in [7, 11) is 3.72. The lowest BCUT2D eigenvalue weighted by Gasteiger charge is -2.19. The highest BCUT2D eigenvalue weighted by atomic mass is 16.2. The number of aromatic nitrogens is 3. The van der Waals surface area contributed by atoms with Crippen LogP contribution in [0.25, 0.3) is 21.8 Å². The summed E-state index contributed by atoms with van der Waals surface area (Å²) in [5.74, 6) is -0.0924. The molecule has 3 aromatic rings. The molecule has 0 saturated carbocycles. The number of amides is 1. The van der Waals surface area contributed by atoms with Crippen LogP contribution < -0.4 is 16.6 Å². The molecule has 1 atom stereocenters. The highest BCUT2D eigenvalue weighted by molar-refractivity contribution is 6.06. The fourth-order valence-electron chi connectivity index (χ4n) is 3.12. The molecule has 1 unspecified atom stereocenters. The first-order chi connectivity index (χ1) is 12.8. The Hall–Kier alpha value is -2.71. The molecule has 0 radical (unpaired) electrons. The van der Waals surface area contributed by atoms with Gasteiger partial charge in [0.15, 0.2) is 0 Å². The minimum atomic E-state index is -0.258. The third-order valence-corrected chi connectivity index (χ3v) is 4.96. The Morgan fingerprint density at radius 3 is 2.81 bits per heavy atom. The number of fused-ring (bicyclic) bond motifs is 3. The first-order valence-electron chi connectivity index (χ1n) is 9.03. The van der Waals surface area contributed by atoms with E-state index in [4.69, 9.17) is 5.73 Å². The van der Waals surface area contributed by atoms with E-state index in [2.05, 4.69) is 15.5 Å². The molecule has 8 nitrogen and oxygen atoms in total. The number of nitrogens with zero attached hydrogens (tertiary/aromatic N) is 3. The van der Waals surface area contributed by atoms with Gasteiger partial charge in [0.1, 0.15) is 5.52 Å². The van der Waals surface area contributed by atoms with Gasteiger partial charge < -0.3 is 15.6 Å². The Kier molecular flexibility index (Phi) is 5.29. The highest BCUT2D eigenvalue weighted by Gasteiger charge is 2.18. The zero-order valence-electron chi connectivity index (χ0n) is 16.2. The van der Waals surface area contributed by atoms with Crippen molar-refractivity contribution < 1.29 is 4.79 Å². The fourth-order valence-corrected chi connectivity index (χ4v) is 3.12. The number of aromatic amines is 1. The second kappa shape index (κ2) is 7.50. The van der Waals surface area contributed by atoms with Gasteiger partial charge in [0, 0.05) is 23.3 Å². The van der Waals surface area contributed by atoms with E-state index in [0.717, 1.165) is 16.6 Å². The van der Waals surface area contributed by atoms with Crippen LogP contribution in [0.15, 0.2) is 23.0 Å². The molecule has 2 aromatic heterocycles. The molecule has 1 amide bonds. The van der Waals surface area contributed by atoms with Gasteiger partial charge in [-0.25, -0.2) is 0 Å². The van der Waals surface area contributed by atoms with Gasteiger partial charge in [-0.05, 0) is 59.1 Å². The van der Waals surface area contributed by atoms with Gasteiger partial charge in [-0.2, -0.15) is 5.10 Å². The molecule has 144 valence electrons. The van der Waals surface area contributed by atoms with Gasteiger partial charge in [-0.15, -0.1) is 0 Å². The first-order valence-corrected chi connectivity index (χ1v) is 9.03. The van der Waals surface area contributed by atoms with Crippen LogP contribution in [0, 0.1) is 6.92 Å². The lowest BCUT2D eigenvalue weighted by molar-refractivity contribution is -0.119. The number of H-pyrrole nitrogens is 1. The van der Waals surface area contributed by atoms with Gasteiger partial charge in [0.25, 0.3) is 5.56 Å². The predicted molar refractivity (Wildman–Crippen MR) is 108 cm³/mol. The van der Waals surface area contributed by atoms with Crippen LogP contribution in [0.5, 0.6) is 0 Å². The maximum absolute atomic E-state index is 12.9. The van der Waals surface area contributed by atoms with Crippen molar-refractivity contribution in [2.24, 2.45) is 5.73 Å². The molecule has 0 spiro atoms. The number of pyridine rings is 1. The fraction of sp³-hybridized carbons (Fsp3) is 0.421. The van der Waals surface area contributed by atoms with Crippen molar-refractivity contribution in [3.8, 4) is 0 Å². The number of aryl methyl sites for hydroxylation is 2. The van der Waals surface area contributed by atoms with E-state index < -0.39 is 0 Å². The number of carbonyl (C=O) groups excluding carboxylic acids is 1. The zero-order chi connectivity index (χ0) is 19.7. The molecule has 3 rings (SSSR count). The van der Waals surface area contributed by atoms with Crippen molar-refractivity contribution >= 4 is 33.4 Å². The van der Waals surface area contributed by atoms with Crippen LogP contribution in [0.3, 0.4) is 0 Å². The molecule has 0 aliphatic carbocycles. The van der Waals surface area contributed by atoms with E-state index in [9.17, 15) is 9.59 Å². The summed E-state index contributed by atoms with van der Waals surface area (Å²) in [5, 5.41) is 11.6. The average Bonchev–Trinajstić information content (AvgIpc) is 3.03. The summed E-state index contributed by atoms with van der Waals surface area (Å²) in [6.07, 6.45) is 0.705. The van der Waals surface area contributed by atoms with Gasteiger partial charge in [-0.3, -0.25) is 19.6 Å². The monoisotopic (exact) mass is 370 g/mol. The molecule has 0 saturated heterocycles. The maximum atomic E-state index is 12.9. The minimum Gasteiger partial charge on any atom is -0.330 e. The minimum absolute atomic E-state index is 0.0739. The van der Waals surface area contributed by atoms with Crippen LogP contribution in [-0.4, -0.2) is 52.3 Å². The molecule has 0 fully saturated rings. The third kappa shape index (κ3) is 3.45. The highest BCUT2D eigenvalue weighted by Crippen LogP contribution is 2.26. The molecule has 8 heteroatoms. The standard InChI is InChI=1S/C19H26N6O2/c1-11-16-17(23-22-11)14-10-13(21-18(26)12(2)24(3)4)6-7-15(14)25(19(16)27)9-5-8-20/h6-7,10,12H,5,8-9,20H2,1-4H3,(H,21,26)(H,22,23). The summed E-state index contributed by atoms with van der Waals surface area (Å²) in [6.45, 7) is 4.72.